The van der Waals surface area contributed by atoms with Crippen molar-refractivity contribution in [2.24, 2.45) is 0 Å². The van der Waals surface area contributed by atoms with Crippen LogP contribution >= 0.6 is 11.1 Å². The van der Waals surface area contributed by atoms with E-state index in [9.17, 15) is 0 Å². The molecule has 3 rings (SSSR count). The van der Waals surface area contributed by atoms with Gasteiger partial charge < -0.3 is 0 Å². The van der Waals surface area contributed by atoms with E-state index in [0.29, 0.717) is 0 Å². The molecule has 0 bridgehead atoms. The van der Waals surface area contributed by atoms with Crippen molar-refractivity contribution in [1.29, 1.82) is 0 Å². The van der Waals surface area contributed by atoms with Gasteiger partial charge in [-0.2, -0.15) is 0 Å². The number of rotatable bonds is 5. The van der Waals surface area contributed by atoms with Crippen molar-refractivity contribution in [3.8, 4) is 0 Å². The van der Waals surface area contributed by atoms with Gasteiger partial charge in [-0.1, -0.05) is 157 Å². The van der Waals surface area contributed by atoms with E-state index in [2.05, 4.69) is 149 Å². The van der Waals surface area contributed by atoms with Crippen molar-refractivity contribution in [2.45, 2.75) is 106 Å². The summed E-state index contributed by atoms with van der Waals surface area (Å²) in [7, 11) is -6.01. The van der Waals surface area contributed by atoms with Crippen LogP contribution in [-0.4, -0.2) is 23.5 Å². The summed E-state index contributed by atoms with van der Waals surface area (Å²) in [5, 5.41) is 7.02. The average molecular weight is 579 g/mol. The molecule has 0 aliphatic rings. The maximum atomic E-state index is 8.32. The maximum Gasteiger partial charge on any atom is 0.247 e. The van der Waals surface area contributed by atoms with E-state index < -0.39 is 23.5 Å². The predicted molar refractivity (Wildman–Crippen MR) is 183 cm³/mol. The van der Waals surface area contributed by atoms with Crippen LogP contribution in [0.2, 0.25) is 39.3 Å². The molecule has 4 heteroatoms. The van der Waals surface area contributed by atoms with Crippen LogP contribution in [0.1, 0.15) is 63.8 Å². The molecule has 0 amide bonds. The minimum absolute atomic E-state index is 0.0361. The number of hydrogen-bond acceptors (Lipinski definition) is 0. The third kappa shape index (κ3) is 6.66. The summed E-state index contributed by atoms with van der Waals surface area (Å²) in [6.07, 6.45) is 0. The maximum absolute atomic E-state index is 8.32. The Morgan fingerprint density at radius 3 is 1.11 bits per heavy atom. The van der Waals surface area contributed by atoms with Gasteiger partial charge in [0.15, 0.2) is 0 Å². The molecular weight excluding hydrogens is 528 g/mol. The van der Waals surface area contributed by atoms with Crippen molar-refractivity contribution in [2.75, 3.05) is 0 Å². The molecule has 1 atom stereocenters. The molecular formula is C34H51ClSi3. The monoisotopic (exact) mass is 578 g/mol. The largest absolute Gasteiger partial charge is 0.247 e. The van der Waals surface area contributed by atoms with Gasteiger partial charge >= 0.3 is 0 Å². The van der Waals surface area contributed by atoms with Gasteiger partial charge in [0, 0.05) is 0 Å². The van der Waals surface area contributed by atoms with Gasteiger partial charge in [0.25, 0.3) is 0 Å². The first-order chi connectivity index (χ1) is 17.0. The number of benzene rings is 3. The van der Waals surface area contributed by atoms with Crippen molar-refractivity contribution in [1.82, 2.24) is 0 Å². The first-order valence-electron chi connectivity index (χ1n) is 14.1. The van der Waals surface area contributed by atoms with E-state index in [0.717, 1.165) is 0 Å². The van der Waals surface area contributed by atoms with Crippen molar-refractivity contribution in [3.05, 3.63) is 76.9 Å². The fraction of sp³-hybridized carbons (Fsp3) is 0.471. The number of hydrogen-bond donors (Lipinski definition) is 0. The zero-order valence-electron chi connectivity index (χ0n) is 26.6. The zero-order chi connectivity index (χ0) is 29.1. The van der Waals surface area contributed by atoms with Crippen LogP contribution in [0.5, 0.6) is 0 Å². The summed E-state index contributed by atoms with van der Waals surface area (Å²) in [6, 6.07) is 21.9. The Morgan fingerprint density at radius 1 is 0.447 bits per heavy atom. The molecule has 0 saturated heterocycles. The highest BCUT2D eigenvalue weighted by atomic mass is 35.6. The minimum Gasteiger partial charge on any atom is -0.149 e. The second-order valence-electron chi connectivity index (χ2n) is 15.6. The van der Waals surface area contributed by atoms with E-state index in [-0.39, 0.29) is 10.8 Å². The molecule has 0 spiro atoms. The first kappa shape index (κ1) is 31.1. The highest BCUT2D eigenvalue weighted by Crippen LogP contribution is 2.30. The molecule has 0 N–H and O–H groups in total. The van der Waals surface area contributed by atoms with Gasteiger partial charge in [0.05, 0.1) is 16.1 Å². The van der Waals surface area contributed by atoms with Gasteiger partial charge in [-0.25, -0.2) is 0 Å². The molecule has 1 unspecified atom stereocenters. The van der Waals surface area contributed by atoms with Crippen LogP contribution in [0.3, 0.4) is 0 Å². The van der Waals surface area contributed by atoms with Crippen LogP contribution in [0, 0.1) is 13.8 Å². The van der Waals surface area contributed by atoms with Crippen LogP contribution in [0.4, 0.5) is 0 Å². The van der Waals surface area contributed by atoms with Gasteiger partial charge in [-0.3, -0.25) is 0 Å². The summed E-state index contributed by atoms with van der Waals surface area (Å²) in [5.74, 6) is 0. The van der Waals surface area contributed by atoms with Crippen LogP contribution in [0.15, 0.2) is 54.6 Å². The Kier molecular flexibility index (Phi) is 8.37. The Bertz CT molecular complexity index is 1170. The number of halogens is 1. The first-order valence-corrected chi connectivity index (χ1v) is 24.1. The smallest absolute Gasteiger partial charge is 0.149 e. The molecule has 0 aliphatic heterocycles. The van der Waals surface area contributed by atoms with E-state index in [4.69, 9.17) is 11.1 Å². The van der Waals surface area contributed by atoms with Crippen LogP contribution in [-0.2, 0) is 10.8 Å². The third-order valence-corrected chi connectivity index (χ3v) is 17.0. The van der Waals surface area contributed by atoms with E-state index in [1.807, 2.05) is 0 Å². The van der Waals surface area contributed by atoms with E-state index in [1.54, 1.807) is 0 Å². The standard InChI is InChI=1S/C34H51ClSi3/c1-24-15-25(2)17-30(16-24)38(35,31-19-26(33(3,4)5)18-27(20-31)34(6,7)8)32-22-28(36(9,10)11)21-29(23-32)37(12,13)14/h15-23H,1-14H3. The molecule has 0 aliphatic carbocycles. The molecule has 38 heavy (non-hydrogen) atoms. The molecule has 0 radical (unpaired) electrons. The molecule has 0 saturated carbocycles. The molecule has 0 nitrogen and oxygen atoms in total. The Hall–Kier alpha value is -1.40. The normalized spacial score (nSPS) is 14.9. The highest BCUT2D eigenvalue weighted by molar-refractivity contribution is 7.40. The van der Waals surface area contributed by atoms with Crippen molar-refractivity contribution in [3.63, 3.8) is 0 Å². The van der Waals surface area contributed by atoms with Crippen LogP contribution < -0.4 is 25.9 Å². The lowest BCUT2D eigenvalue weighted by atomic mass is 9.81. The van der Waals surface area contributed by atoms with Gasteiger partial charge in [-0.05, 0) is 51.4 Å². The molecule has 0 heterocycles. The van der Waals surface area contributed by atoms with Gasteiger partial charge in [0.1, 0.15) is 0 Å². The SMILES string of the molecule is Cc1cc(C)cc([Si](Cl)(c2cc(C(C)(C)C)cc(C(C)(C)C)c2)c2cc([Si](C)(C)C)cc([Si](C)(C)C)c2)c1. The lowest BCUT2D eigenvalue weighted by molar-refractivity contribution is 0.569. The second kappa shape index (κ2) is 10.2. The summed E-state index contributed by atoms with van der Waals surface area (Å²) in [5.41, 5.74) is 5.38. The Labute approximate surface area is 242 Å². The lowest BCUT2D eigenvalue weighted by Gasteiger charge is -2.34. The van der Waals surface area contributed by atoms with E-state index >= 15 is 0 Å². The lowest BCUT2D eigenvalue weighted by Crippen LogP contribution is -2.65. The topological polar surface area (TPSA) is 0 Å². The average Bonchev–Trinajstić information content (AvgIpc) is 2.74. The minimum atomic E-state index is -2.86. The summed E-state index contributed by atoms with van der Waals surface area (Å²) in [6.45, 7) is 33.1. The quantitative estimate of drug-likeness (QED) is 0.171. The predicted octanol–water partition coefficient (Wildman–Crippen LogP) is 7.19. The molecule has 206 valence electrons. The molecule has 3 aromatic rings. The second-order valence-corrected chi connectivity index (χ2v) is 30.5. The fourth-order valence-electron chi connectivity index (χ4n) is 5.06. The number of aryl methyl sites for hydroxylation is 2. The van der Waals surface area contributed by atoms with Crippen molar-refractivity contribution >= 4 is 60.5 Å². The van der Waals surface area contributed by atoms with Crippen LogP contribution in [0.25, 0.3) is 0 Å². The Balaban J connectivity index is 2.56. The molecule has 0 aromatic heterocycles. The van der Waals surface area contributed by atoms with E-state index in [1.165, 1.54) is 48.2 Å². The third-order valence-electron chi connectivity index (χ3n) is 7.75. The molecule has 3 aromatic carbocycles. The highest BCUT2D eigenvalue weighted by Gasteiger charge is 2.41. The van der Waals surface area contributed by atoms with Gasteiger partial charge in [0.2, 0.25) is 7.38 Å². The summed E-state index contributed by atoms with van der Waals surface area (Å²) < 4.78 is 0. The fourth-order valence-corrected chi connectivity index (χ4v) is 12.1. The van der Waals surface area contributed by atoms with Crippen molar-refractivity contribution < 1.29 is 0 Å². The Morgan fingerprint density at radius 2 is 0.763 bits per heavy atom. The molecule has 0 fully saturated rings. The summed E-state index contributed by atoms with van der Waals surface area (Å²) >= 11 is 8.32. The zero-order valence-corrected chi connectivity index (χ0v) is 30.3. The van der Waals surface area contributed by atoms with Gasteiger partial charge in [-0.15, -0.1) is 11.1 Å². The summed E-state index contributed by atoms with van der Waals surface area (Å²) in [4.78, 5) is 0.